The maximum Gasteiger partial charge on any atom is 0.348 e. The molecule has 4 aromatic rings. The van der Waals surface area contributed by atoms with E-state index in [-0.39, 0.29) is 5.69 Å². The molecule has 1 N–H and O–H groups in total. The predicted octanol–water partition coefficient (Wildman–Crippen LogP) is 2.74. The lowest BCUT2D eigenvalue weighted by Crippen LogP contribution is -2.35. The smallest absolute Gasteiger partial charge is 0.348 e. The second-order valence-corrected chi connectivity index (χ2v) is 7.30. The summed E-state index contributed by atoms with van der Waals surface area (Å²) in [5.41, 5.74) is 4.81. The largest absolute Gasteiger partial charge is 0.379 e. The highest BCUT2D eigenvalue weighted by Crippen LogP contribution is 2.29. The molecule has 0 unspecified atom stereocenters. The molecule has 132 valence electrons. The van der Waals surface area contributed by atoms with Gasteiger partial charge in [-0.1, -0.05) is 12.1 Å². The maximum atomic E-state index is 12.3. The first-order valence-corrected chi connectivity index (χ1v) is 9.59. The fourth-order valence-corrected chi connectivity index (χ4v) is 4.26. The number of thiophene rings is 1. The zero-order chi connectivity index (χ0) is 17.5. The number of nitrogens with one attached hydrogen (secondary N) is 1. The number of hydrogen-bond acceptors (Lipinski definition) is 5. The van der Waals surface area contributed by atoms with Crippen molar-refractivity contribution in [1.29, 1.82) is 0 Å². The monoisotopic (exact) mass is 366 g/mol. The molecule has 5 rings (SSSR count). The molecule has 1 saturated heterocycles. The van der Waals surface area contributed by atoms with E-state index in [2.05, 4.69) is 50.1 Å². The normalized spacial score (nSPS) is 15.8. The van der Waals surface area contributed by atoms with Crippen LogP contribution in [0.3, 0.4) is 0 Å². The number of ether oxygens (including phenoxy) is 1. The number of fused-ring (bicyclic) bond motifs is 3. The first-order chi connectivity index (χ1) is 12.8. The topological polar surface area (TPSA) is 62.6 Å². The van der Waals surface area contributed by atoms with E-state index in [4.69, 9.17) is 4.74 Å². The van der Waals surface area contributed by atoms with Crippen molar-refractivity contribution < 1.29 is 4.74 Å². The molecule has 1 fully saturated rings. The van der Waals surface area contributed by atoms with Crippen LogP contribution in [0.4, 0.5) is 0 Å². The van der Waals surface area contributed by atoms with Crippen molar-refractivity contribution in [3.8, 4) is 11.1 Å². The summed E-state index contributed by atoms with van der Waals surface area (Å²) < 4.78 is 7.11. The number of rotatable bonds is 3. The van der Waals surface area contributed by atoms with Crippen molar-refractivity contribution in [2.45, 2.75) is 6.54 Å². The van der Waals surface area contributed by atoms with Gasteiger partial charge in [0.25, 0.3) is 0 Å². The van der Waals surface area contributed by atoms with E-state index in [9.17, 15) is 4.79 Å². The van der Waals surface area contributed by atoms with E-state index in [1.807, 2.05) is 6.07 Å². The van der Waals surface area contributed by atoms with Gasteiger partial charge in [0.2, 0.25) is 0 Å². The minimum absolute atomic E-state index is 0.203. The van der Waals surface area contributed by atoms with Crippen molar-refractivity contribution >= 4 is 27.9 Å². The van der Waals surface area contributed by atoms with Crippen LogP contribution in [0, 0.1) is 0 Å². The van der Waals surface area contributed by atoms with Gasteiger partial charge in [-0.2, -0.15) is 16.4 Å². The zero-order valence-electron chi connectivity index (χ0n) is 14.1. The van der Waals surface area contributed by atoms with Gasteiger partial charge in [0.1, 0.15) is 0 Å². The van der Waals surface area contributed by atoms with Crippen molar-refractivity contribution in [2.75, 3.05) is 26.3 Å². The molecule has 0 aliphatic carbocycles. The van der Waals surface area contributed by atoms with Crippen molar-refractivity contribution in [3.05, 3.63) is 57.1 Å². The Morgan fingerprint density at radius 1 is 1.15 bits per heavy atom. The number of nitrogens with zero attached hydrogens (tertiary/aromatic N) is 3. The van der Waals surface area contributed by atoms with Gasteiger partial charge >= 0.3 is 5.69 Å². The van der Waals surface area contributed by atoms with E-state index in [0.717, 1.165) is 49.3 Å². The van der Waals surface area contributed by atoms with Crippen LogP contribution in [0.15, 0.2) is 45.9 Å². The van der Waals surface area contributed by atoms with Crippen LogP contribution in [0.5, 0.6) is 0 Å². The van der Waals surface area contributed by atoms with Gasteiger partial charge in [-0.05, 0) is 45.6 Å². The fraction of sp³-hybridized carbons (Fsp3) is 0.263. The minimum Gasteiger partial charge on any atom is -0.379 e. The van der Waals surface area contributed by atoms with Crippen molar-refractivity contribution in [2.24, 2.45) is 0 Å². The van der Waals surface area contributed by atoms with E-state index in [1.54, 1.807) is 15.7 Å². The Hall–Kier alpha value is -2.48. The second-order valence-electron chi connectivity index (χ2n) is 6.52. The molecule has 0 bridgehead atoms. The number of pyridine rings is 1. The quantitative estimate of drug-likeness (QED) is 0.606. The summed E-state index contributed by atoms with van der Waals surface area (Å²) in [6.07, 6.45) is 0. The zero-order valence-corrected chi connectivity index (χ0v) is 15.0. The lowest BCUT2D eigenvalue weighted by atomic mass is 10.0. The lowest BCUT2D eigenvalue weighted by Gasteiger charge is -2.27. The number of aromatic amines is 1. The third-order valence-corrected chi connectivity index (χ3v) is 5.62. The molecule has 1 aliphatic heterocycles. The maximum absolute atomic E-state index is 12.3. The Labute approximate surface area is 153 Å². The molecule has 4 heterocycles. The van der Waals surface area contributed by atoms with Crippen LogP contribution in [0.2, 0.25) is 0 Å². The average Bonchev–Trinajstić information content (AvgIpc) is 3.33. The van der Waals surface area contributed by atoms with Crippen LogP contribution < -0.4 is 5.69 Å². The van der Waals surface area contributed by atoms with Crippen molar-refractivity contribution in [1.82, 2.24) is 19.5 Å². The highest BCUT2D eigenvalue weighted by Gasteiger charge is 2.16. The summed E-state index contributed by atoms with van der Waals surface area (Å²) in [5, 5.41) is 12.1. The molecule has 0 saturated carbocycles. The van der Waals surface area contributed by atoms with Crippen LogP contribution >= 0.6 is 11.3 Å². The van der Waals surface area contributed by atoms with E-state index >= 15 is 0 Å². The molecule has 0 radical (unpaired) electrons. The molecular weight excluding hydrogens is 348 g/mol. The predicted molar refractivity (Wildman–Crippen MR) is 103 cm³/mol. The lowest BCUT2D eigenvalue weighted by molar-refractivity contribution is 0.0344. The molecule has 0 atom stereocenters. The molecule has 6 nitrogen and oxygen atoms in total. The molecule has 1 aliphatic rings. The molecular formula is C19H18N4O2S. The van der Waals surface area contributed by atoms with E-state index in [0.29, 0.717) is 5.65 Å². The number of H-pyrrole nitrogens is 1. The van der Waals surface area contributed by atoms with Gasteiger partial charge in [0.15, 0.2) is 5.65 Å². The molecule has 0 amide bonds. The first-order valence-electron chi connectivity index (χ1n) is 8.65. The first kappa shape index (κ1) is 15.7. The molecule has 0 spiro atoms. The van der Waals surface area contributed by atoms with E-state index in [1.165, 1.54) is 11.1 Å². The standard InChI is InChI=1S/C19H18N4O2S/c24-19-21-20-18-10-15(11-22-4-6-25-7-5-22)16-2-1-13(9-17(16)23(18)19)14-3-8-26-12-14/h1-3,8-10,12H,4-7,11H2,(H,21,24). The second kappa shape index (κ2) is 6.35. The van der Waals surface area contributed by atoms with Crippen LogP contribution in [-0.2, 0) is 11.3 Å². The van der Waals surface area contributed by atoms with Gasteiger partial charge in [0, 0.05) is 25.0 Å². The third kappa shape index (κ3) is 2.65. The Kier molecular flexibility index (Phi) is 3.85. The Balaban J connectivity index is 1.70. The minimum atomic E-state index is -0.203. The van der Waals surface area contributed by atoms with Crippen LogP contribution in [0.25, 0.3) is 27.7 Å². The summed E-state index contributed by atoms with van der Waals surface area (Å²) in [4.78, 5) is 14.7. The van der Waals surface area contributed by atoms with E-state index < -0.39 is 0 Å². The van der Waals surface area contributed by atoms with Gasteiger partial charge in [-0.3, -0.25) is 4.90 Å². The van der Waals surface area contributed by atoms with Gasteiger partial charge in [-0.15, -0.1) is 0 Å². The summed E-state index contributed by atoms with van der Waals surface area (Å²) in [5.74, 6) is 0. The highest BCUT2D eigenvalue weighted by molar-refractivity contribution is 7.08. The van der Waals surface area contributed by atoms with Gasteiger partial charge in [-0.25, -0.2) is 14.3 Å². The molecule has 7 heteroatoms. The number of aromatic nitrogens is 3. The number of hydrogen-bond donors (Lipinski definition) is 1. The Bertz CT molecular complexity index is 1120. The van der Waals surface area contributed by atoms with Crippen LogP contribution in [-0.4, -0.2) is 45.8 Å². The summed E-state index contributed by atoms with van der Waals surface area (Å²) in [7, 11) is 0. The summed E-state index contributed by atoms with van der Waals surface area (Å²) in [6.45, 7) is 4.21. The fourth-order valence-electron chi connectivity index (χ4n) is 3.60. The molecule has 1 aromatic carbocycles. The van der Waals surface area contributed by atoms with Crippen LogP contribution in [0.1, 0.15) is 5.56 Å². The molecule has 3 aromatic heterocycles. The average molecular weight is 366 g/mol. The molecule has 26 heavy (non-hydrogen) atoms. The Morgan fingerprint density at radius 3 is 2.85 bits per heavy atom. The summed E-state index contributed by atoms with van der Waals surface area (Å²) in [6, 6.07) is 10.4. The summed E-state index contributed by atoms with van der Waals surface area (Å²) >= 11 is 1.67. The number of benzene rings is 1. The SMILES string of the molecule is O=c1[nH]nc2cc(CN3CCOCC3)c3ccc(-c4ccsc4)cc3n12. The van der Waals surface area contributed by atoms with Crippen molar-refractivity contribution in [3.63, 3.8) is 0 Å². The number of morpholine rings is 1. The Morgan fingerprint density at radius 2 is 2.04 bits per heavy atom. The highest BCUT2D eigenvalue weighted by atomic mass is 32.1. The third-order valence-electron chi connectivity index (χ3n) is 4.94. The van der Waals surface area contributed by atoms with Gasteiger partial charge < -0.3 is 4.74 Å². The van der Waals surface area contributed by atoms with Gasteiger partial charge in [0.05, 0.1) is 18.7 Å².